The number of hydrogen-bond acceptors (Lipinski definition) is 2. The third-order valence-corrected chi connectivity index (χ3v) is 3.08. The fourth-order valence-corrected chi connectivity index (χ4v) is 2.57. The lowest BCUT2D eigenvalue weighted by Gasteiger charge is -2.26. The van der Waals surface area contributed by atoms with E-state index >= 15 is 0 Å². The molecule has 0 aromatic carbocycles. The van der Waals surface area contributed by atoms with Crippen molar-refractivity contribution in [1.29, 1.82) is 0 Å². The van der Waals surface area contributed by atoms with Gasteiger partial charge in [0.25, 0.3) is 0 Å². The van der Waals surface area contributed by atoms with Crippen LogP contribution in [-0.2, 0) is 0 Å². The quantitative estimate of drug-likeness (QED) is 0.858. The van der Waals surface area contributed by atoms with Gasteiger partial charge in [0.05, 0.1) is 6.20 Å². The van der Waals surface area contributed by atoms with Crippen LogP contribution in [0.3, 0.4) is 0 Å². The van der Waals surface area contributed by atoms with Crippen molar-refractivity contribution in [2.75, 3.05) is 7.05 Å². The number of nitrogens with zero attached hydrogens (tertiary/aromatic N) is 1. The van der Waals surface area contributed by atoms with Crippen LogP contribution in [0.25, 0.3) is 0 Å². The fourth-order valence-electron chi connectivity index (χ4n) is 2.57. The Morgan fingerprint density at radius 3 is 2.50 bits per heavy atom. The molecule has 0 aliphatic rings. The topological polar surface area (TPSA) is 24.9 Å². The minimum absolute atomic E-state index is 0.172. The predicted octanol–water partition coefficient (Wildman–Crippen LogP) is 3.94. The number of halogens is 1. The van der Waals surface area contributed by atoms with Crippen molar-refractivity contribution >= 4 is 0 Å². The summed E-state index contributed by atoms with van der Waals surface area (Å²) >= 11 is 0. The molecule has 1 aromatic heterocycles. The SMILES string of the molecule is CNC(CC(C)CC(C)(C)C)c1cncc(F)c1. The number of rotatable bonds is 5. The van der Waals surface area contributed by atoms with Crippen molar-refractivity contribution < 1.29 is 4.39 Å². The van der Waals surface area contributed by atoms with Gasteiger partial charge in [-0.3, -0.25) is 4.98 Å². The van der Waals surface area contributed by atoms with Crippen LogP contribution in [0.4, 0.5) is 4.39 Å². The van der Waals surface area contributed by atoms with E-state index in [0.717, 1.165) is 18.4 Å². The molecule has 2 nitrogen and oxygen atoms in total. The van der Waals surface area contributed by atoms with Gasteiger partial charge in [-0.15, -0.1) is 0 Å². The predicted molar refractivity (Wildman–Crippen MR) is 73.8 cm³/mol. The minimum Gasteiger partial charge on any atom is -0.313 e. The minimum atomic E-state index is -0.267. The Labute approximate surface area is 110 Å². The maximum absolute atomic E-state index is 13.2. The zero-order valence-corrected chi connectivity index (χ0v) is 12.1. The number of nitrogens with one attached hydrogen (secondary N) is 1. The van der Waals surface area contributed by atoms with E-state index in [9.17, 15) is 4.39 Å². The molecule has 0 radical (unpaired) electrons. The average Bonchev–Trinajstić information content (AvgIpc) is 2.23. The highest BCUT2D eigenvalue weighted by molar-refractivity contribution is 5.15. The number of pyridine rings is 1. The Hall–Kier alpha value is -0.960. The molecule has 0 aliphatic heterocycles. The van der Waals surface area contributed by atoms with E-state index in [1.54, 1.807) is 12.3 Å². The molecule has 3 heteroatoms. The molecule has 0 amide bonds. The van der Waals surface area contributed by atoms with Crippen LogP contribution in [0, 0.1) is 17.2 Å². The van der Waals surface area contributed by atoms with Gasteiger partial charge in [-0.1, -0.05) is 27.7 Å². The summed E-state index contributed by atoms with van der Waals surface area (Å²) in [4.78, 5) is 3.92. The number of hydrogen-bond donors (Lipinski definition) is 1. The highest BCUT2D eigenvalue weighted by Gasteiger charge is 2.19. The Morgan fingerprint density at radius 2 is 2.00 bits per heavy atom. The monoisotopic (exact) mass is 252 g/mol. The van der Waals surface area contributed by atoms with E-state index in [-0.39, 0.29) is 11.9 Å². The van der Waals surface area contributed by atoms with Crippen LogP contribution in [0.1, 0.15) is 52.1 Å². The van der Waals surface area contributed by atoms with Crippen LogP contribution in [0.15, 0.2) is 18.5 Å². The van der Waals surface area contributed by atoms with Crippen LogP contribution in [-0.4, -0.2) is 12.0 Å². The van der Waals surface area contributed by atoms with E-state index in [2.05, 4.69) is 38.0 Å². The Morgan fingerprint density at radius 1 is 1.33 bits per heavy atom. The van der Waals surface area contributed by atoms with Crippen LogP contribution in [0.5, 0.6) is 0 Å². The van der Waals surface area contributed by atoms with E-state index in [1.807, 2.05) is 7.05 Å². The van der Waals surface area contributed by atoms with E-state index in [4.69, 9.17) is 0 Å². The lowest BCUT2D eigenvalue weighted by Crippen LogP contribution is -2.21. The van der Waals surface area contributed by atoms with Gasteiger partial charge in [0.15, 0.2) is 0 Å². The molecule has 0 bridgehead atoms. The van der Waals surface area contributed by atoms with Gasteiger partial charge < -0.3 is 5.32 Å². The maximum atomic E-state index is 13.2. The molecule has 1 aromatic rings. The molecule has 0 aliphatic carbocycles. The summed E-state index contributed by atoms with van der Waals surface area (Å²) in [5.41, 5.74) is 1.26. The summed E-state index contributed by atoms with van der Waals surface area (Å²) in [5, 5.41) is 3.26. The molecule has 1 N–H and O–H groups in total. The molecule has 0 fully saturated rings. The molecule has 2 atom stereocenters. The van der Waals surface area contributed by atoms with Gasteiger partial charge in [-0.2, -0.15) is 0 Å². The molecule has 2 unspecified atom stereocenters. The molecular weight excluding hydrogens is 227 g/mol. The largest absolute Gasteiger partial charge is 0.313 e. The van der Waals surface area contributed by atoms with Crippen LogP contribution >= 0.6 is 0 Å². The van der Waals surface area contributed by atoms with Gasteiger partial charge in [0.1, 0.15) is 5.82 Å². The summed E-state index contributed by atoms with van der Waals surface area (Å²) in [6, 6.07) is 1.74. The molecule has 1 heterocycles. The summed E-state index contributed by atoms with van der Waals surface area (Å²) in [5.74, 6) is 0.321. The first kappa shape index (κ1) is 15.1. The molecule has 0 saturated carbocycles. The normalized spacial score (nSPS) is 15.4. The zero-order valence-electron chi connectivity index (χ0n) is 12.1. The first-order chi connectivity index (χ1) is 8.31. The molecule has 0 saturated heterocycles. The lowest BCUT2D eigenvalue weighted by molar-refractivity contribution is 0.278. The van der Waals surface area contributed by atoms with E-state index in [0.29, 0.717) is 11.3 Å². The van der Waals surface area contributed by atoms with Crippen LogP contribution < -0.4 is 5.32 Å². The van der Waals surface area contributed by atoms with Gasteiger partial charge in [-0.05, 0) is 42.9 Å². The van der Waals surface area contributed by atoms with Crippen molar-refractivity contribution in [3.63, 3.8) is 0 Å². The highest BCUT2D eigenvalue weighted by Crippen LogP contribution is 2.30. The summed E-state index contributed by atoms with van der Waals surface area (Å²) in [7, 11) is 1.92. The van der Waals surface area contributed by atoms with E-state index < -0.39 is 0 Å². The second-order valence-corrected chi connectivity index (χ2v) is 6.38. The summed E-state index contributed by atoms with van der Waals surface area (Å²) in [6.07, 6.45) is 5.15. The van der Waals surface area contributed by atoms with Crippen LogP contribution in [0.2, 0.25) is 0 Å². The molecule has 102 valence electrons. The van der Waals surface area contributed by atoms with Crippen molar-refractivity contribution in [2.24, 2.45) is 11.3 Å². The summed E-state index contributed by atoms with van der Waals surface area (Å²) in [6.45, 7) is 9.01. The third kappa shape index (κ3) is 5.13. The zero-order chi connectivity index (χ0) is 13.8. The van der Waals surface area contributed by atoms with Gasteiger partial charge in [-0.25, -0.2) is 4.39 Å². The lowest BCUT2D eigenvalue weighted by atomic mass is 9.82. The smallest absolute Gasteiger partial charge is 0.141 e. The van der Waals surface area contributed by atoms with Crippen molar-refractivity contribution in [1.82, 2.24) is 10.3 Å². The molecule has 1 rings (SSSR count). The highest BCUT2D eigenvalue weighted by atomic mass is 19.1. The Bertz CT molecular complexity index is 371. The Kier molecular flexibility index (Phi) is 5.27. The first-order valence-electron chi connectivity index (χ1n) is 6.59. The summed E-state index contributed by atoms with van der Waals surface area (Å²) < 4.78 is 13.2. The maximum Gasteiger partial charge on any atom is 0.141 e. The fraction of sp³-hybridized carbons (Fsp3) is 0.667. The van der Waals surface area contributed by atoms with E-state index in [1.165, 1.54) is 6.20 Å². The van der Waals surface area contributed by atoms with Crippen molar-refractivity contribution in [3.8, 4) is 0 Å². The molecule has 0 spiro atoms. The standard InChI is InChI=1S/C15H25FN2/c1-11(8-15(2,3)4)6-14(17-5)12-7-13(16)10-18-9-12/h7,9-11,14,17H,6,8H2,1-5H3. The molecule has 18 heavy (non-hydrogen) atoms. The van der Waals surface area contributed by atoms with Crippen molar-refractivity contribution in [3.05, 3.63) is 29.8 Å². The first-order valence-corrected chi connectivity index (χ1v) is 6.59. The third-order valence-electron chi connectivity index (χ3n) is 3.08. The second kappa shape index (κ2) is 6.28. The van der Waals surface area contributed by atoms with Gasteiger partial charge in [0.2, 0.25) is 0 Å². The van der Waals surface area contributed by atoms with Crippen molar-refractivity contribution in [2.45, 2.75) is 46.6 Å². The second-order valence-electron chi connectivity index (χ2n) is 6.38. The average molecular weight is 252 g/mol. The molecular formula is C15H25FN2. The Balaban J connectivity index is 2.67. The van der Waals surface area contributed by atoms with Gasteiger partial charge >= 0.3 is 0 Å². The van der Waals surface area contributed by atoms with Gasteiger partial charge in [0, 0.05) is 12.2 Å². The number of aromatic nitrogens is 1.